The van der Waals surface area contributed by atoms with E-state index in [0.29, 0.717) is 31.2 Å². The molecule has 2 aromatic carbocycles. The number of amides is 1. The summed E-state index contributed by atoms with van der Waals surface area (Å²) in [5.74, 6) is 1.19. The lowest BCUT2D eigenvalue weighted by atomic mass is 10.1. The molecular weight excluding hydrogens is 440 g/mol. The molecule has 0 aliphatic carbocycles. The van der Waals surface area contributed by atoms with Crippen LogP contribution in [0.25, 0.3) is 5.69 Å². The smallest absolute Gasteiger partial charge is 0.254 e. The number of carbonyl (C=O) groups is 1. The molecule has 0 saturated carbocycles. The Morgan fingerprint density at radius 3 is 2.69 bits per heavy atom. The van der Waals surface area contributed by atoms with Crippen LogP contribution >= 0.6 is 0 Å². The Morgan fingerprint density at radius 1 is 1.03 bits per heavy atom. The monoisotopic (exact) mass is 468 g/mol. The minimum absolute atomic E-state index is 0.0582. The third kappa shape index (κ3) is 5.94. The predicted octanol–water partition coefficient (Wildman–Crippen LogP) is 4.53. The summed E-state index contributed by atoms with van der Waals surface area (Å²) in [7, 11) is 0. The van der Waals surface area contributed by atoms with Gasteiger partial charge in [0.2, 0.25) is 0 Å². The average molecular weight is 469 g/mol. The summed E-state index contributed by atoms with van der Waals surface area (Å²) in [4.78, 5) is 19.8. The third-order valence-electron chi connectivity index (χ3n) is 6.03. The van der Waals surface area contributed by atoms with Gasteiger partial charge in [-0.05, 0) is 66.6 Å². The third-order valence-corrected chi connectivity index (χ3v) is 6.03. The highest BCUT2D eigenvalue weighted by molar-refractivity contribution is 5.94. The number of benzene rings is 2. The van der Waals surface area contributed by atoms with Gasteiger partial charge in [0.1, 0.15) is 5.75 Å². The van der Waals surface area contributed by atoms with Gasteiger partial charge in [0.05, 0.1) is 31.1 Å². The molecule has 5 rings (SSSR count). The van der Waals surface area contributed by atoms with Gasteiger partial charge >= 0.3 is 0 Å². The van der Waals surface area contributed by atoms with E-state index in [2.05, 4.69) is 10.1 Å². The fraction of sp³-hybridized carbons (Fsp3) is 0.250. The largest absolute Gasteiger partial charge is 0.493 e. The summed E-state index contributed by atoms with van der Waals surface area (Å²) >= 11 is 0. The zero-order valence-electron chi connectivity index (χ0n) is 19.5. The van der Waals surface area contributed by atoms with Crippen LogP contribution in [0.2, 0.25) is 0 Å². The summed E-state index contributed by atoms with van der Waals surface area (Å²) in [6.45, 7) is 3.06. The average Bonchev–Trinajstić information content (AvgIpc) is 3.63. The first-order valence-corrected chi connectivity index (χ1v) is 11.8. The fourth-order valence-electron chi connectivity index (χ4n) is 4.13. The van der Waals surface area contributed by atoms with E-state index in [1.807, 2.05) is 83.9 Å². The molecular formula is C28H28N4O3. The minimum atomic E-state index is -0.0582. The second-order valence-corrected chi connectivity index (χ2v) is 8.67. The van der Waals surface area contributed by atoms with Crippen molar-refractivity contribution in [3.63, 3.8) is 0 Å². The highest BCUT2D eigenvalue weighted by atomic mass is 16.5. The standard InChI is InChI=1S/C28H28N4O3/c33-28(24-8-10-26(11-9-24)32-15-4-14-30-32)31(19-25-6-1-2-13-29-25)18-22-5-3-7-27(17-22)35-21-23-12-16-34-20-23/h1-11,13-15,17,23H,12,16,18-21H2/t23-/m1/s1. The molecule has 0 bridgehead atoms. The lowest BCUT2D eigenvalue weighted by molar-refractivity contribution is 0.0727. The van der Waals surface area contributed by atoms with Crippen molar-refractivity contribution in [3.05, 3.63) is 108 Å². The van der Waals surface area contributed by atoms with Crippen molar-refractivity contribution < 1.29 is 14.3 Å². The number of carbonyl (C=O) groups excluding carboxylic acids is 1. The number of pyridine rings is 1. The van der Waals surface area contributed by atoms with E-state index in [1.165, 1.54) is 0 Å². The van der Waals surface area contributed by atoms with Crippen LogP contribution in [0.1, 0.15) is 28.0 Å². The molecule has 1 aliphatic heterocycles. The maximum Gasteiger partial charge on any atom is 0.254 e. The Hall–Kier alpha value is -3.97. The molecule has 2 aromatic heterocycles. The molecule has 4 aromatic rings. The van der Waals surface area contributed by atoms with Crippen LogP contribution in [0.15, 0.2) is 91.4 Å². The molecule has 1 aliphatic rings. The Morgan fingerprint density at radius 2 is 1.94 bits per heavy atom. The molecule has 1 saturated heterocycles. The van der Waals surface area contributed by atoms with Crippen LogP contribution in [0.4, 0.5) is 0 Å². The molecule has 1 fully saturated rings. The van der Waals surface area contributed by atoms with E-state index in [1.54, 1.807) is 17.1 Å². The first kappa shape index (κ1) is 22.8. The van der Waals surface area contributed by atoms with Crippen LogP contribution in [0.5, 0.6) is 5.75 Å². The van der Waals surface area contributed by atoms with Crippen molar-refractivity contribution in [1.29, 1.82) is 0 Å². The lowest BCUT2D eigenvalue weighted by Crippen LogP contribution is -2.30. The summed E-state index contributed by atoms with van der Waals surface area (Å²) in [6, 6.07) is 23.1. The molecule has 3 heterocycles. The summed E-state index contributed by atoms with van der Waals surface area (Å²) < 4.78 is 13.2. The summed E-state index contributed by atoms with van der Waals surface area (Å²) in [5, 5.41) is 4.25. The number of aromatic nitrogens is 3. The van der Waals surface area contributed by atoms with Gasteiger partial charge in [-0.15, -0.1) is 0 Å². The molecule has 7 heteroatoms. The van der Waals surface area contributed by atoms with Gasteiger partial charge in [-0.25, -0.2) is 4.68 Å². The van der Waals surface area contributed by atoms with Gasteiger partial charge in [-0.1, -0.05) is 18.2 Å². The van der Waals surface area contributed by atoms with Gasteiger partial charge in [-0.2, -0.15) is 5.10 Å². The van der Waals surface area contributed by atoms with Crippen LogP contribution < -0.4 is 4.74 Å². The van der Waals surface area contributed by atoms with Gasteiger partial charge in [0.15, 0.2) is 0 Å². The number of hydrogen-bond donors (Lipinski definition) is 0. The molecule has 1 amide bonds. The molecule has 7 nitrogen and oxygen atoms in total. The Bertz CT molecular complexity index is 1220. The van der Waals surface area contributed by atoms with Crippen molar-refractivity contribution >= 4 is 5.91 Å². The fourth-order valence-corrected chi connectivity index (χ4v) is 4.13. The van der Waals surface area contributed by atoms with E-state index >= 15 is 0 Å². The maximum atomic E-state index is 13.6. The second kappa shape index (κ2) is 11.0. The van der Waals surface area contributed by atoms with Crippen molar-refractivity contribution in [1.82, 2.24) is 19.7 Å². The van der Waals surface area contributed by atoms with Crippen molar-refractivity contribution in [2.24, 2.45) is 5.92 Å². The van der Waals surface area contributed by atoms with E-state index in [4.69, 9.17) is 9.47 Å². The van der Waals surface area contributed by atoms with Gasteiger partial charge in [-0.3, -0.25) is 9.78 Å². The first-order chi connectivity index (χ1) is 17.2. The molecule has 0 unspecified atom stereocenters. The molecule has 0 spiro atoms. The van der Waals surface area contributed by atoms with Crippen LogP contribution in [-0.4, -0.2) is 45.4 Å². The van der Waals surface area contributed by atoms with E-state index in [-0.39, 0.29) is 5.91 Å². The topological polar surface area (TPSA) is 69.5 Å². The molecule has 1 atom stereocenters. The molecule has 0 radical (unpaired) electrons. The number of rotatable bonds is 9. The summed E-state index contributed by atoms with van der Waals surface area (Å²) in [6.07, 6.45) is 6.38. The van der Waals surface area contributed by atoms with Crippen molar-refractivity contribution in [2.45, 2.75) is 19.5 Å². The quantitative estimate of drug-likeness (QED) is 0.361. The molecule has 35 heavy (non-hydrogen) atoms. The van der Waals surface area contributed by atoms with Crippen LogP contribution in [0.3, 0.4) is 0 Å². The van der Waals surface area contributed by atoms with Crippen LogP contribution in [-0.2, 0) is 17.8 Å². The highest BCUT2D eigenvalue weighted by Crippen LogP contribution is 2.21. The minimum Gasteiger partial charge on any atom is -0.493 e. The number of nitrogens with zero attached hydrogens (tertiary/aromatic N) is 4. The number of hydrogen-bond acceptors (Lipinski definition) is 5. The SMILES string of the molecule is O=C(c1ccc(-n2cccn2)cc1)N(Cc1cccc(OC[C@@H]2CCOC2)c1)Cc1ccccn1. The van der Waals surface area contributed by atoms with Crippen LogP contribution in [0, 0.1) is 5.92 Å². The van der Waals surface area contributed by atoms with Gasteiger partial charge in [0, 0.05) is 43.2 Å². The molecule has 178 valence electrons. The number of ether oxygens (including phenoxy) is 2. The normalized spacial score (nSPS) is 15.1. The highest BCUT2D eigenvalue weighted by Gasteiger charge is 2.19. The Labute approximate surface area is 204 Å². The van der Waals surface area contributed by atoms with E-state index < -0.39 is 0 Å². The van der Waals surface area contributed by atoms with Crippen molar-refractivity contribution in [2.75, 3.05) is 19.8 Å². The Kier molecular flexibility index (Phi) is 7.15. The Balaban J connectivity index is 1.33. The van der Waals surface area contributed by atoms with Gasteiger partial charge < -0.3 is 14.4 Å². The molecule has 0 N–H and O–H groups in total. The van der Waals surface area contributed by atoms with Crippen molar-refractivity contribution in [3.8, 4) is 11.4 Å². The van der Waals surface area contributed by atoms with E-state index in [0.717, 1.165) is 42.3 Å². The van der Waals surface area contributed by atoms with Gasteiger partial charge in [0.25, 0.3) is 5.91 Å². The lowest BCUT2D eigenvalue weighted by Gasteiger charge is -2.23. The maximum absolute atomic E-state index is 13.6. The zero-order valence-corrected chi connectivity index (χ0v) is 19.5. The second-order valence-electron chi connectivity index (χ2n) is 8.67. The summed E-state index contributed by atoms with van der Waals surface area (Å²) in [5.41, 5.74) is 3.36. The van der Waals surface area contributed by atoms with E-state index in [9.17, 15) is 4.79 Å². The predicted molar refractivity (Wildman–Crippen MR) is 132 cm³/mol. The zero-order chi connectivity index (χ0) is 23.9. The first-order valence-electron chi connectivity index (χ1n) is 11.8.